The first-order valence-electron chi connectivity index (χ1n) is 12.2. The van der Waals surface area contributed by atoms with Gasteiger partial charge >= 0.3 is 0 Å². The van der Waals surface area contributed by atoms with Crippen molar-refractivity contribution in [2.45, 2.75) is 68.6 Å². The summed E-state index contributed by atoms with van der Waals surface area (Å²) < 4.78 is 11.2. The molecule has 2 N–H and O–H groups in total. The van der Waals surface area contributed by atoms with Crippen LogP contribution in [0.2, 0.25) is 0 Å². The van der Waals surface area contributed by atoms with Crippen LogP contribution in [0, 0.1) is 0 Å². The van der Waals surface area contributed by atoms with E-state index in [-0.39, 0.29) is 5.41 Å². The minimum absolute atomic E-state index is 0.123. The molecule has 0 aromatic heterocycles. The maximum absolute atomic E-state index is 5.68. The molecule has 33 heavy (non-hydrogen) atoms. The van der Waals surface area contributed by atoms with Gasteiger partial charge in [0, 0.05) is 30.1 Å². The number of rotatable bonds is 7. The van der Waals surface area contributed by atoms with E-state index in [0.717, 1.165) is 55.4 Å². The van der Waals surface area contributed by atoms with Crippen molar-refractivity contribution in [1.82, 2.24) is 15.5 Å². The molecule has 0 unspecified atom stereocenters. The van der Waals surface area contributed by atoms with Gasteiger partial charge in [0.05, 0.1) is 14.2 Å². The average molecular weight is 466 g/mol. The second-order valence-electron chi connectivity index (χ2n) is 9.81. The molecule has 3 aliphatic rings. The number of likely N-dealkylation sites (tertiary alicyclic amines) is 1. The van der Waals surface area contributed by atoms with Gasteiger partial charge < -0.3 is 20.1 Å². The number of methoxy groups -OCH3 is 2. The van der Waals surface area contributed by atoms with E-state index in [2.05, 4.69) is 64.1 Å². The maximum Gasteiger partial charge on any atom is 0.166 e. The predicted octanol–water partition coefficient (Wildman–Crippen LogP) is 4.40. The third-order valence-corrected chi connectivity index (χ3v) is 8.04. The summed E-state index contributed by atoms with van der Waals surface area (Å²) in [5, 5.41) is 7.93. The topological polar surface area (TPSA) is 45.8 Å². The van der Waals surface area contributed by atoms with E-state index in [1.807, 2.05) is 0 Å². The highest BCUT2D eigenvalue weighted by atomic mass is 32.1. The summed E-state index contributed by atoms with van der Waals surface area (Å²) in [6.45, 7) is 2.09. The number of hydrogen-bond acceptors (Lipinski definition) is 4. The van der Waals surface area contributed by atoms with Crippen molar-refractivity contribution in [3.8, 4) is 11.5 Å². The lowest BCUT2D eigenvalue weighted by Gasteiger charge is -2.46. The van der Waals surface area contributed by atoms with Crippen molar-refractivity contribution in [2.75, 3.05) is 20.8 Å². The molecule has 2 aliphatic carbocycles. The summed E-state index contributed by atoms with van der Waals surface area (Å²) in [6.07, 6.45) is 6.99. The lowest BCUT2D eigenvalue weighted by molar-refractivity contribution is 0.134. The Balaban J connectivity index is 1.41. The fourth-order valence-electron chi connectivity index (χ4n) is 5.91. The highest BCUT2D eigenvalue weighted by Crippen LogP contribution is 2.50. The second kappa shape index (κ2) is 9.51. The van der Waals surface area contributed by atoms with Gasteiger partial charge in [-0.25, -0.2) is 0 Å². The van der Waals surface area contributed by atoms with Crippen molar-refractivity contribution >= 4 is 17.3 Å². The number of ether oxygens (including phenoxy) is 2. The first kappa shape index (κ1) is 22.5. The molecule has 0 radical (unpaired) electrons. The summed E-state index contributed by atoms with van der Waals surface area (Å²) in [5.41, 5.74) is 2.87. The molecule has 5 nitrogen and oxygen atoms in total. The smallest absolute Gasteiger partial charge is 0.166 e. The number of benzene rings is 2. The largest absolute Gasteiger partial charge is 0.493 e. The Morgan fingerprint density at radius 1 is 0.970 bits per heavy atom. The van der Waals surface area contributed by atoms with Crippen molar-refractivity contribution < 1.29 is 9.47 Å². The minimum atomic E-state index is 0.123. The van der Waals surface area contributed by atoms with E-state index in [0.29, 0.717) is 18.1 Å². The van der Waals surface area contributed by atoms with Crippen LogP contribution in [-0.4, -0.2) is 48.9 Å². The molecule has 3 atom stereocenters. The SMILES string of the molecule is COc1ccc([C@@]23CC[C@@H](NC(=S)NC4CC4)C[C@@H]2N(Cc2ccccc2)CC3)cc1OC. The first-order valence-corrected chi connectivity index (χ1v) is 12.6. The fourth-order valence-corrected chi connectivity index (χ4v) is 6.24. The van der Waals surface area contributed by atoms with Gasteiger partial charge in [-0.05, 0) is 80.5 Å². The Labute approximate surface area is 202 Å². The number of fused-ring (bicyclic) bond motifs is 1. The molecule has 2 aromatic rings. The third-order valence-electron chi connectivity index (χ3n) is 7.81. The third kappa shape index (κ3) is 4.69. The van der Waals surface area contributed by atoms with Crippen LogP contribution in [0.1, 0.15) is 49.7 Å². The van der Waals surface area contributed by atoms with Crippen LogP contribution in [0.4, 0.5) is 0 Å². The van der Waals surface area contributed by atoms with E-state index < -0.39 is 0 Å². The fraction of sp³-hybridized carbons (Fsp3) is 0.519. The van der Waals surface area contributed by atoms with Gasteiger partial charge in [0.2, 0.25) is 0 Å². The standard InChI is InChI=1S/C27H35N3O2S/c1-31-23-11-8-20(16-24(23)32-2)27-13-12-22(29-26(33)28-21-9-10-21)17-25(27)30(15-14-27)18-19-6-4-3-5-7-19/h3-8,11,16,21-22,25H,9-10,12-15,17-18H2,1-2H3,(H2,28,29,33)/t22-,25+,27+/m1/s1. The van der Waals surface area contributed by atoms with Crippen molar-refractivity contribution in [2.24, 2.45) is 0 Å². The van der Waals surface area contributed by atoms with Crippen LogP contribution < -0.4 is 20.1 Å². The molecule has 0 spiro atoms. The molecule has 2 aromatic carbocycles. The van der Waals surface area contributed by atoms with Gasteiger partial charge in [0.15, 0.2) is 16.6 Å². The molecule has 1 heterocycles. The molecule has 176 valence electrons. The van der Waals surface area contributed by atoms with E-state index in [9.17, 15) is 0 Å². The van der Waals surface area contributed by atoms with E-state index in [4.69, 9.17) is 21.7 Å². The van der Waals surface area contributed by atoms with Crippen molar-refractivity contribution in [1.29, 1.82) is 0 Å². The van der Waals surface area contributed by atoms with Crippen molar-refractivity contribution in [3.63, 3.8) is 0 Å². The summed E-state index contributed by atoms with van der Waals surface area (Å²) in [6, 6.07) is 18.8. The lowest BCUT2D eigenvalue weighted by Crippen LogP contribution is -2.53. The molecule has 5 rings (SSSR count). The zero-order valence-corrected chi connectivity index (χ0v) is 20.5. The van der Waals surface area contributed by atoms with Crippen LogP contribution in [0.5, 0.6) is 11.5 Å². The van der Waals surface area contributed by atoms with Gasteiger partial charge in [0.1, 0.15) is 0 Å². The van der Waals surface area contributed by atoms with Gasteiger partial charge in [-0.15, -0.1) is 0 Å². The Morgan fingerprint density at radius 2 is 1.73 bits per heavy atom. The van der Waals surface area contributed by atoms with Crippen LogP contribution in [0.3, 0.4) is 0 Å². The molecular formula is C27H35N3O2S. The van der Waals surface area contributed by atoms with Gasteiger partial charge in [-0.2, -0.15) is 0 Å². The highest BCUT2D eigenvalue weighted by molar-refractivity contribution is 7.80. The Morgan fingerprint density at radius 3 is 2.45 bits per heavy atom. The number of thiocarbonyl (C=S) groups is 1. The Hall–Kier alpha value is -2.31. The second-order valence-corrected chi connectivity index (χ2v) is 10.2. The Bertz CT molecular complexity index is 981. The zero-order chi connectivity index (χ0) is 22.8. The summed E-state index contributed by atoms with van der Waals surface area (Å²) in [4.78, 5) is 2.69. The number of nitrogens with zero attached hydrogens (tertiary/aromatic N) is 1. The van der Waals surface area contributed by atoms with Gasteiger partial charge in [-0.1, -0.05) is 36.4 Å². The molecule has 1 saturated heterocycles. The lowest BCUT2D eigenvalue weighted by atomic mass is 9.65. The maximum atomic E-state index is 5.68. The molecule has 0 amide bonds. The normalized spacial score (nSPS) is 27.0. The molecular weight excluding hydrogens is 430 g/mol. The molecule has 3 fully saturated rings. The summed E-state index contributed by atoms with van der Waals surface area (Å²) in [5.74, 6) is 1.61. The zero-order valence-electron chi connectivity index (χ0n) is 19.7. The molecule has 2 saturated carbocycles. The predicted molar refractivity (Wildman–Crippen MR) is 136 cm³/mol. The minimum Gasteiger partial charge on any atom is -0.493 e. The molecule has 1 aliphatic heterocycles. The number of nitrogens with one attached hydrogen (secondary N) is 2. The van der Waals surface area contributed by atoms with E-state index in [1.54, 1.807) is 14.2 Å². The summed E-state index contributed by atoms with van der Waals surface area (Å²) in [7, 11) is 3.42. The highest BCUT2D eigenvalue weighted by Gasteiger charge is 2.51. The van der Waals surface area contributed by atoms with Crippen LogP contribution >= 0.6 is 12.2 Å². The van der Waals surface area contributed by atoms with Gasteiger partial charge in [-0.3, -0.25) is 4.90 Å². The van der Waals surface area contributed by atoms with Crippen LogP contribution in [0.25, 0.3) is 0 Å². The average Bonchev–Trinajstić information content (AvgIpc) is 3.59. The molecule has 0 bridgehead atoms. The summed E-state index contributed by atoms with van der Waals surface area (Å²) >= 11 is 5.62. The molecule has 6 heteroatoms. The monoisotopic (exact) mass is 465 g/mol. The van der Waals surface area contributed by atoms with Crippen LogP contribution in [-0.2, 0) is 12.0 Å². The quantitative estimate of drug-likeness (QED) is 0.591. The Kier molecular flexibility index (Phi) is 6.48. The van der Waals surface area contributed by atoms with E-state index >= 15 is 0 Å². The van der Waals surface area contributed by atoms with E-state index in [1.165, 1.54) is 24.0 Å². The van der Waals surface area contributed by atoms with Gasteiger partial charge in [0.25, 0.3) is 0 Å². The first-order chi connectivity index (χ1) is 16.1. The van der Waals surface area contributed by atoms with Crippen LogP contribution in [0.15, 0.2) is 48.5 Å². The van der Waals surface area contributed by atoms with Crippen molar-refractivity contribution in [3.05, 3.63) is 59.7 Å². The number of hydrogen-bond donors (Lipinski definition) is 2.